The monoisotopic (exact) mass is 546 g/mol. The van der Waals surface area contributed by atoms with Crippen LogP contribution in [0.2, 0.25) is 0 Å². The predicted molar refractivity (Wildman–Crippen MR) is 145 cm³/mol. The molecule has 3 fully saturated rings. The Morgan fingerprint density at radius 1 is 1.11 bits per heavy atom. The van der Waals surface area contributed by atoms with Gasteiger partial charge in [0.05, 0.1) is 11.0 Å². The molecular weight excluding hydrogens is 503 g/mol. The van der Waals surface area contributed by atoms with E-state index in [1.54, 1.807) is 0 Å². The molecule has 6 rings (SSSR count). The summed E-state index contributed by atoms with van der Waals surface area (Å²) >= 11 is 0. The Labute approximate surface area is 226 Å². The van der Waals surface area contributed by atoms with E-state index in [1.807, 2.05) is 0 Å². The molecule has 0 aromatic heterocycles. The number of carbonyl (C=O) groups excluding carboxylic acids is 1. The van der Waals surface area contributed by atoms with E-state index in [2.05, 4.69) is 45.9 Å². The van der Waals surface area contributed by atoms with Gasteiger partial charge in [0.25, 0.3) is 0 Å². The highest BCUT2D eigenvalue weighted by Crippen LogP contribution is 2.60. The highest BCUT2D eigenvalue weighted by molar-refractivity contribution is 7.46. The molecular formula is C30H43O7P. The molecule has 1 aliphatic heterocycles. The molecule has 0 unspecified atom stereocenters. The van der Waals surface area contributed by atoms with Crippen molar-refractivity contribution in [2.24, 2.45) is 11.3 Å². The second kappa shape index (κ2) is 10.1. The van der Waals surface area contributed by atoms with Crippen molar-refractivity contribution in [3.05, 3.63) is 34.9 Å². The van der Waals surface area contributed by atoms with E-state index >= 15 is 0 Å². The summed E-state index contributed by atoms with van der Waals surface area (Å²) in [5.74, 6) is 1.80. The van der Waals surface area contributed by atoms with Crippen molar-refractivity contribution in [1.29, 1.82) is 0 Å². The molecule has 210 valence electrons. The van der Waals surface area contributed by atoms with Gasteiger partial charge in [-0.3, -0.25) is 9.32 Å². The van der Waals surface area contributed by atoms with Crippen LogP contribution in [0.25, 0.3) is 0 Å². The number of carbonyl (C=O) groups is 1. The van der Waals surface area contributed by atoms with Crippen LogP contribution in [-0.2, 0) is 20.3 Å². The van der Waals surface area contributed by atoms with E-state index in [9.17, 15) is 19.1 Å². The van der Waals surface area contributed by atoms with Gasteiger partial charge in [0.1, 0.15) is 17.1 Å². The van der Waals surface area contributed by atoms with Crippen molar-refractivity contribution in [3.63, 3.8) is 0 Å². The minimum Gasteiger partial charge on any atom is -0.487 e. The molecule has 1 aromatic rings. The predicted octanol–water partition coefficient (Wildman–Crippen LogP) is 7.14. The number of phosphoric acid groups is 1. The number of hydrogen-bond acceptors (Lipinski definition) is 5. The molecule has 0 spiro atoms. The summed E-state index contributed by atoms with van der Waals surface area (Å²) in [5.41, 5.74) is 1.73. The zero-order valence-electron chi connectivity index (χ0n) is 23.3. The molecule has 2 atom stereocenters. The molecule has 5 aliphatic rings. The topological polar surface area (TPSA) is 102 Å². The highest BCUT2D eigenvalue weighted by atomic mass is 31.2. The second-order valence-corrected chi connectivity index (χ2v) is 14.0. The number of aryl methyl sites for hydroxylation is 1. The molecule has 1 heterocycles. The SMILES string of the molecule is CCCCCc1cc(OC(=O)C23CCC(OP(=O)(O)O)(CC2)CC3)c2c(c1)OC(C)(C)[C@@H]1CC=C(C)C[C@@H]21. The van der Waals surface area contributed by atoms with Gasteiger partial charge in [0, 0.05) is 17.4 Å². The van der Waals surface area contributed by atoms with Crippen LogP contribution in [0, 0.1) is 11.3 Å². The third-order valence-corrected chi connectivity index (χ3v) is 10.4. The Hall–Kier alpha value is -1.66. The largest absolute Gasteiger partial charge is 0.487 e. The average molecular weight is 547 g/mol. The van der Waals surface area contributed by atoms with Crippen molar-refractivity contribution in [2.75, 3.05) is 0 Å². The molecule has 7 nitrogen and oxygen atoms in total. The van der Waals surface area contributed by atoms with Crippen LogP contribution in [0.3, 0.4) is 0 Å². The zero-order chi connectivity index (χ0) is 27.3. The first-order valence-electron chi connectivity index (χ1n) is 14.4. The molecule has 4 aliphatic carbocycles. The number of hydrogen-bond donors (Lipinski definition) is 2. The van der Waals surface area contributed by atoms with Gasteiger partial charge in [-0.2, -0.15) is 0 Å². The number of esters is 1. The Balaban J connectivity index is 1.45. The molecule has 0 amide bonds. The van der Waals surface area contributed by atoms with E-state index in [0.717, 1.165) is 55.4 Å². The number of phosphoric ester groups is 1. The Kier molecular flexibility index (Phi) is 7.39. The maximum Gasteiger partial charge on any atom is 0.470 e. The van der Waals surface area contributed by atoms with Gasteiger partial charge in [-0.15, -0.1) is 0 Å². The fourth-order valence-corrected chi connectivity index (χ4v) is 8.24. The third kappa shape index (κ3) is 5.37. The lowest BCUT2D eigenvalue weighted by atomic mass is 9.58. The lowest BCUT2D eigenvalue weighted by molar-refractivity contribution is -0.160. The highest BCUT2D eigenvalue weighted by Gasteiger charge is 2.56. The molecule has 1 aromatic carbocycles. The lowest BCUT2D eigenvalue weighted by Crippen LogP contribution is -2.51. The molecule has 0 saturated heterocycles. The molecule has 3 saturated carbocycles. The summed E-state index contributed by atoms with van der Waals surface area (Å²) in [4.78, 5) is 32.7. The van der Waals surface area contributed by atoms with Gasteiger partial charge < -0.3 is 19.3 Å². The summed E-state index contributed by atoms with van der Waals surface area (Å²) in [6.07, 6.45) is 11.4. The van der Waals surface area contributed by atoms with Gasteiger partial charge in [-0.1, -0.05) is 31.4 Å². The molecule has 0 radical (unpaired) electrons. The van der Waals surface area contributed by atoms with Crippen molar-refractivity contribution >= 4 is 13.8 Å². The Bertz CT molecular complexity index is 1140. The minimum atomic E-state index is -4.59. The molecule has 2 bridgehead atoms. The van der Waals surface area contributed by atoms with Crippen LogP contribution in [0.15, 0.2) is 23.8 Å². The summed E-state index contributed by atoms with van der Waals surface area (Å²) < 4.78 is 29.8. The van der Waals surface area contributed by atoms with E-state index in [-0.39, 0.29) is 17.5 Å². The average Bonchev–Trinajstić information content (AvgIpc) is 2.83. The Morgan fingerprint density at radius 2 is 1.79 bits per heavy atom. The molecule has 8 heteroatoms. The lowest BCUT2D eigenvalue weighted by Gasteiger charge is -2.51. The number of allylic oxidation sites excluding steroid dienone is 2. The van der Waals surface area contributed by atoms with E-state index in [4.69, 9.17) is 14.0 Å². The van der Waals surface area contributed by atoms with Gasteiger partial charge in [0.2, 0.25) is 0 Å². The van der Waals surface area contributed by atoms with Gasteiger partial charge in [-0.25, -0.2) is 4.57 Å². The van der Waals surface area contributed by atoms with E-state index in [1.165, 1.54) is 5.57 Å². The second-order valence-electron chi connectivity index (χ2n) is 12.8. The summed E-state index contributed by atoms with van der Waals surface area (Å²) in [6.45, 7) is 8.72. The quantitative estimate of drug-likeness (QED) is 0.117. The number of rotatable bonds is 8. The fraction of sp³-hybridized carbons (Fsp3) is 0.700. The van der Waals surface area contributed by atoms with Crippen molar-refractivity contribution in [2.45, 2.75) is 122 Å². The number of ether oxygens (including phenoxy) is 2. The van der Waals surface area contributed by atoms with Crippen LogP contribution < -0.4 is 9.47 Å². The van der Waals surface area contributed by atoms with Gasteiger partial charge >= 0.3 is 13.8 Å². The number of unbranched alkanes of at least 4 members (excludes halogenated alkanes) is 2. The number of fused-ring (bicyclic) bond motifs is 6. The maximum atomic E-state index is 13.9. The van der Waals surface area contributed by atoms with E-state index in [0.29, 0.717) is 50.2 Å². The van der Waals surface area contributed by atoms with E-state index < -0.39 is 18.8 Å². The van der Waals surface area contributed by atoms with Gasteiger partial charge in [0.15, 0.2) is 0 Å². The van der Waals surface area contributed by atoms with Crippen molar-refractivity contribution in [3.8, 4) is 11.5 Å². The van der Waals surface area contributed by atoms with Crippen molar-refractivity contribution < 1.29 is 33.1 Å². The number of benzene rings is 1. The molecule has 2 N–H and O–H groups in total. The Morgan fingerprint density at radius 3 is 2.42 bits per heavy atom. The molecule has 38 heavy (non-hydrogen) atoms. The summed E-state index contributed by atoms with van der Waals surface area (Å²) in [5, 5.41) is 0. The fourth-order valence-electron chi connectivity index (χ4n) is 7.46. The van der Waals surface area contributed by atoms with Crippen LogP contribution in [0.4, 0.5) is 0 Å². The zero-order valence-corrected chi connectivity index (χ0v) is 24.1. The smallest absolute Gasteiger partial charge is 0.470 e. The maximum absolute atomic E-state index is 13.9. The standard InChI is InChI=1S/C30H43O7P/c1-5-6-7-8-21-18-24(26-22-17-20(2)9-10-23(22)28(3,4)36-25(26)19-21)35-27(31)29-11-14-30(15-12-29,16-13-29)37-38(32,33)34/h9,18-19,22-23H,5-8,10-17H2,1-4H3,(H2,32,33,34)/t22-,23-,29?,30?/m1/s1. The minimum absolute atomic E-state index is 0.223. The van der Waals surface area contributed by atoms with Crippen molar-refractivity contribution in [1.82, 2.24) is 0 Å². The first-order valence-corrected chi connectivity index (χ1v) is 15.9. The van der Waals surface area contributed by atoms with Crippen LogP contribution >= 0.6 is 7.82 Å². The first kappa shape index (κ1) is 27.9. The summed E-state index contributed by atoms with van der Waals surface area (Å²) in [6, 6.07) is 4.24. The third-order valence-electron chi connectivity index (χ3n) is 9.74. The van der Waals surface area contributed by atoms with Gasteiger partial charge in [-0.05, 0) is 103 Å². The first-order chi connectivity index (χ1) is 17.9. The van der Waals surface area contributed by atoms with Crippen LogP contribution in [0.5, 0.6) is 11.5 Å². The van der Waals surface area contributed by atoms with Crippen LogP contribution in [-0.4, -0.2) is 27.0 Å². The summed E-state index contributed by atoms with van der Waals surface area (Å²) in [7, 11) is -4.59. The normalized spacial score (nSPS) is 31.6. The van der Waals surface area contributed by atoms with Crippen LogP contribution in [0.1, 0.15) is 115 Å².